The first kappa shape index (κ1) is 11.3. The third-order valence-corrected chi connectivity index (χ3v) is 4.82. The molecule has 3 rings (SSSR count). The summed E-state index contributed by atoms with van der Waals surface area (Å²) in [6.45, 7) is 9.40. The van der Waals surface area contributed by atoms with Gasteiger partial charge in [-0.1, -0.05) is 45.0 Å². The van der Waals surface area contributed by atoms with Crippen LogP contribution in [0, 0.1) is 5.92 Å². The summed E-state index contributed by atoms with van der Waals surface area (Å²) in [7, 11) is 0. The number of hydrogen-bond donors (Lipinski definition) is 1. The predicted octanol–water partition coefficient (Wildman–Crippen LogP) is 3.24. The van der Waals surface area contributed by atoms with Crippen LogP contribution in [-0.4, -0.2) is 13.1 Å². The van der Waals surface area contributed by atoms with Gasteiger partial charge >= 0.3 is 0 Å². The molecule has 1 aliphatic heterocycles. The van der Waals surface area contributed by atoms with E-state index in [0.29, 0.717) is 5.41 Å². The summed E-state index contributed by atoms with van der Waals surface area (Å²) in [5.41, 5.74) is 3.89. The lowest BCUT2D eigenvalue weighted by Gasteiger charge is -2.47. The number of benzene rings is 1. The smallest absolute Gasteiger partial charge is 0.0121 e. The zero-order chi connectivity index (χ0) is 12.1. The summed E-state index contributed by atoms with van der Waals surface area (Å²) < 4.78 is 0. The molecular formula is C16H23N. The van der Waals surface area contributed by atoms with Crippen molar-refractivity contribution in [2.75, 3.05) is 13.1 Å². The fourth-order valence-corrected chi connectivity index (χ4v) is 3.72. The van der Waals surface area contributed by atoms with Crippen molar-refractivity contribution >= 4 is 0 Å². The molecule has 17 heavy (non-hydrogen) atoms. The maximum atomic E-state index is 3.60. The molecule has 2 atom stereocenters. The molecule has 2 fully saturated rings. The molecule has 1 heteroatoms. The second-order valence-corrected chi connectivity index (χ2v) is 6.82. The molecule has 1 saturated carbocycles. The van der Waals surface area contributed by atoms with Gasteiger partial charge in [-0.3, -0.25) is 0 Å². The van der Waals surface area contributed by atoms with E-state index in [1.807, 2.05) is 0 Å². The quantitative estimate of drug-likeness (QED) is 0.779. The fourth-order valence-electron chi connectivity index (χ4n) is 3.72. The van der Waals surface area contributed by atoms with Crippen LogP contribution in [0.15, 0.2) is 24.3 Å². The summed E-state index contributed by atoms with van der Waals surface area (Å²) in [5, 5.41) is 3.60. The fraction of sp³-hybridized carbons (Fsp3) is 0.625. The van der Waals surface area contributed by atoms with E-state index in [1.165, 1.54) is 25.9 Å². The van der Waals surface area contributed by atoms with Gasteiger partial charge < -0.3 is 5.32 Å². The summed E-state index contributed by atoms with van der Waals surface area (Å²) >= 11 is 0. The molecule has 2 unspecified atom stereocenters. The molecule has 1 aromatic rings. The molecule has 1 nitrogen and oxygen atoms in total. The van der Waals surface area contributed by atoms with Crippen molar-refractivity contribution < 1.29 is 0 Å². The Labute approximate surface area is 105 Å². The van der Waals surface area contributed by atoms with Gasteiger partial charge in [0.2, 0.25) is 0 Å². The van der Waals surface area contributed by atoms with Crippen LogP contribution in [0.2, 0.25) is 0 Å². The van der Waals surface area contributed by atoms with Gasteiger partial charge in [-0.05, 0) is 41.8 Å². The monoisotopic (exact) mass is 229 g/mol. The Kier molecular flexibility index (Phi) is 2.38. The SMILES string of the molecule is CC(C)(C)c1ccccc1C12CCC1CNC2. The van der Waals surface area contributed by atoms with Crippen molar-refractivity contribution in [2.45, 2.75) is 44.4 Å². The highest BCUT2D eigenvalue weighted by atomic mass is 15.0. The normalized spacial score (nSPS) is 32.1. The molecule has 0 bridgehead atoms. The van der Waals surface area contributed by atoms with E-state index in [9.17, 15) is 0 Å². The number of fused-ring (bicyclic) bond motifs is 1. The van der Waals surface area contributed by atoms with Crippen LogP contribution in [0.1, 0.15) is 44.7 Å². The molecule has 1 saturated heterocycles. The second kappa shape index (κ2) is 3.58. The van der Waals surface area contributed by atoms with Crippen molar-refractivity contribution in [1.29, 1.82) is 0 Å². The maximum Gasteiger partial charge on any atom is 0.0121 e. The number of rotatable bonds is 1. The first-order valence-corrected chi connectivity index (χ1v) is 6.85. The van der Waals surface area contributed by atoms with Crippen molar-refractivity contribution in [3.8, 4) is 0 Å². The highest BCUT2D eigenvalue weighted by Crippen LogP contribution is 2.52. The molecular weight excluding hydrogens is 206 g/mol. The Morgan fingerprint density at radius 3 is 2.59 bits per heavy atom. The van der Waals surface area contributed by atoms with Crippen LogP contribution < -0.4 is 5.32 Å². The molecule has 0 aromatic heterocycles. The average molecular weight is 229 g/mol. The standard InChI is InChI=1S/C16H23N/c1-15(2,3)13-6-4-5-7-14(13)16-9-8-12(16)10-17-11-16/h4-7,12,17H,8-11H2,1-3H3. The van der Waals surface area contributed by atoms with E-state index in [1.54, 1.807) is 11.1 Å². The van der Waals surface area contributed by atoms with Gasteiger partial charge in [-0.15, -0.1) is 0 Å². The lowest BCUT2D eigenvalue weighted by Crippen LogP contribution is -2.45. The summed E-state index contributed by atoms with van der Waals surface area (Å²) in [6, 6.07) is 9.11. The Morgan fingerprint density at radius 1 is 1.24 bits per heavy atom. The van der Waals surface area contributed by atoms with Crippen LogP contribution in [-0.2, 0) is 10.8 Å². The van der Waals surface area contributed by atoms with Crippen LogP contribution in [0.4, 0.5) is 0 Å². The van der Waals surface area contributed by atoms with Crippen molar-refractivity contribution in [1.82, 2.24) is 5.32 Å². The van der Waals surface area contributed by atoms with Gasteiger partial charge in [-0.25, -0.2) is 0 Å². The summed E-state index contributed by atoms with van der Waals surface area (Å²) in [6.07, 6.45) is 2.78. The Bertz CT molecular complexity index is 429. The van der Waals surface area contributed by atoms with Crippen LogP contribution >= 0.6 is 0 Å². The van der Waals surface area contributed by atoms with E-state index in [4.69, 9.17) is 0 Å². The van der Waals surface area contributed by atoms with Gasteiger partial charge in [0.25, 0.3) is 0 Å². The highest BCUT2D eigenvalue weighted by Gasteiger charge is 2.52. The Balaban J connectivity index is 2.09. The zero-order valence-corrected chi connectivity index (χ0v) is 11.2. The molecule has 0 spiro atoms. The van der Waals surface area contributed by atoms with Gasteiger partial charge in [0.05, 0.1) is 0 Å². The molecule has 1 N–H and O–H groups in total. The van der Waals surface area contributed by atoms with Gasteiger partial charge in [0.15, 0.2) is 0 Å². The first-order chi connectivity index (χ1) is 8.04. The Morgan fingerprint density at radius 2 is 2.00 bits per heavy atom. The van der Waals surface area contributed by atoms with Crippen molar-refractivity contribution in [3.63, 3.8) is 0 Å². The lowest BCUT2D eigenvalue weighted by molar-refractivity contribution is 0.179. The minimum atomic E-state index is 0.258. The third-order valence-electron chi connectivity index (χ3n) is 4.82. The molecule has 1 aliphatic carbocycles. The highest BCUT2D eigenvalue weighted by molar-refractivity contribution is 5.42. The summed E-state index contributed by atoms with van der Waals surface area (Å²) in [5.74, 6) is 0.881. The molecule has 0 radical (unpaired) electrons. The van der Waals surface area contributed by atoms with E-state index < -0.39 is 0 Å². The number of nitrogens with one attached hydrogen (secondary N) is 1. The minimum Gasteiger partial charge on any atom is -0.316 e. The topological polar surface area (TPSA) is 12.0 Å². The lowest BCUT2D eigenvalue weighted by atomic mass is 9.56. The third kappa shape index (κ3) is 1.55. The maximum absolute atomic E-state index is 3.60. The van der Waals surface area contributed by atoms with Crippen molar-refractivity contribution in [2.24, 2.45) is 5.92 Å². The predicted molar refractivity (Wildman–Crippen MR) is 72.4 cm³/mol. The van der Waals surface area contributed by atoms with E-state index >= 15 is 0 Å². The largest absolute Gasteiger partial charge is 0.316 e. The molecule has 0 amide bonds. The molecule has 1 heterocycles. The van der Waals surface area contributed by atoms with E-state index in [-0.39, 0.29) is 5.41 Å². The van der Waals surface area contributed by atoms with Crippen molar-refractivity contribution in [3.05, 3.63) is 35.4 Å². The average Bonchev–Trinajstić information content (AvgIpc) is 2.54. The van der Waals surface area contributed by atoms with Crippen LogP contribution in [0.25, 0.3) is 0 Å². The van der Waals surface area contributed by atoms with Gasteiger partial charge in [0, 0.05) is 12.0 Å². The van der Waals surface area contributed by atoms with Gasteiger partial charge in [-0.2, -0.15) is 0 Å². The summed E-state index contributed by atoms with van der Waals surface area (Å²) in [4.78, 5) is 0. The van der Waals surface area contributed by atoms with E-state index in [2.05, 4.69) is 50.4 Å². The van der Waals surface area contributed by atoms with Gasteiger partial charge in [0.1, 0.15) is 0 Å². The minimum absolute atomic E-state index is 0.258. The second-order valence-electron chi connectivity index (χ2n) is 6.82. The number of hydrogen-bond acceptors (Lipinski definition) is 1. The van der Waals surface area contributed by atoms with Crippen LogP contribution in [0.5, 0.6) is 0 Å². The van der Waals surface area contributed by atoms with Crippen LogP contribution in [0.3, 0.4) is 0 Å². The molecule has 1 aromatic carbocycles. The molecule has 2 aliphatic rings. The zero-order valence-electron chi connectivity index (χ0n) is 11.2. The first-order valence-electron chi connectivity index (χ1n) is 6.85. The Hall–Kier alpha value is -0.820. The molecule has 92 valence electrons. The van der Waals surface area contributed by atoms with E-state index in [0.717, 1.165) is 5.92 Å².